The number of oxazole rings is 1. The minimum atomic E-state index is -0.259. The van der Waals surface area contributed by atoms with Crippen LogP contribution in [0.1, 0.15) is 102 Å². The normalized spacial score (nSPS) is 11.2. The zero-order valence-corrected chi connectivity index (χ0v) is 17.7. The Morgan fingerprint density at radius 1 is 1.07 bits per heavy atom. The number of carbonyl (C=O) groups excluding carboxylic acids is 2. The maximum atomic E-state index is 12.6. The van der Waals surface area contributed by atoms with Crippen molar-refractivity contribution in [2.75, 3.05) is 0 Å². The summed E-state index contributed by atoms with van der Waals surface area (Å²) in [5.41, 5.74) is 0.252. The second-order valence-corrected chi connectivity index (χ2v) is 7.74. The van der Waals surface area contributed by atoms with Gasteiger partial charge in [0.15, 0.2) is 5.69 Å². The van der Waals surface area contributed by atoms with Crippen LogP contribution in [0.15, 0.2) is 10.7 Å². The van der Waals surface area contributed by atoms with Gasteiger partial charge >= 0.3 is 0 Å². The average Bonchev–Trinajstić information content (AvgIpc) is 3.06. The number of rotatable bonds is 13. The molecule has 0 aliphatic rings. The predicted octanol–water partition coefficient (Wildman–Crippen LogP) is 4.69. The lowest BCUT2D eigenvalue weighted by Crippen LogP contribution is -2.36. The number of aromatic nitrogens is 1. The van der Waals surface area contributed by atoms with E-state index < -0.39 is 0 Å². The zero-order chi connectivity index (χ0) is 20.2. The molecule has 0 fully saturated rings. The molecule has 0 atom stereocenters. The van der Waals surface area contributed by atoms with E-state index in [2.05, 4.69) is 17.2 Å². The van der Waals surface area contributed by atoms with Crippen LogP contribution in [0.5, 0.6) is 0 Å². The van der Waals surface area contributed by atoms with Crippen molar-refractivity contribution < 1.29 is 14.0 Å². The fraction of sp³-hybridized carbons (Fsp3) is 0.762. The standard InChI is InChI=1S/C21H37N3O3/c1-6-7-8-9-10-11-12-13-20(25)24(17(4)5)14-19-23-18(15-27-19)21(26)22-16(2)3/h15-17H,6-14H2,1-5H3,(H,22,26). The van der Waals surface area contributed by atoms with Gasteiger partial charge in [-0.1, -0.05) is 45.4 Å². The summed E-state index contributed by atoms with van der Waals surface area (Å²) in [4.78, 5) is 30.6. The summed E-state index contributed by atoms with van der Waals surface area (Å²) in [5.74, 6) is 0.251. The number of amides is 2. The first kappa shape index (κ1) is 23.2. The van der Waals surface area contributed by atoms with Crippen LogP contribution >= 0.6 is 0 Å². The Kier molecular flexibility index (Phi) is 10.8. The number of unbranched alkanes of at least 4 members (excludes halogenated alkanes) is 6. The monoisotopic (exact) mass is 379 g/mol. The summed E-state index contributed by atoms with van der Waals surface area (Å²) >= 11 is 0. The van der Waals surface area contributed by atoms with Crippen molar-refractivity contribution in [3.05, 3.63) is 17.8 Å². The topological polar surface area (TPSA) is 75.4 Å². The Bertz CT molecular complexity index is 567. The Balaban J connectivity index is 2.48. The molecule has 1 aromatic heterocycles. The molecule has 6 nitrogen and oxygen atoms in total. The van der Waals surface area contributed by atoms with Crippen molar-refractivity contribution in [1.82, 2.24) is 15.2 Å². The third-order valence-corrected chi connectivity index (χ3v) is 4.45. The van der Waals surface area contributed by atoms with Gasteiger partial charge in [-0.15, -0.1) is 0 Å². The van der Waals surface area contributed by atoms with Crippen molar-refractivity contribution in [2.24, 2.45) is 0 Å². The molecule has 0 bridgehead atoms. The van der Waals surface area contributed by atoms with Crippen LogP contribution in [-0.2, 0) is 11.3 Å². The van der Waals surface area contributed by atoms with Crippen molar-refractivity contribution in [1.29, 1.82) is 0 Å². The van der Waals surface area contributed by atoms with E-state index in [0.717, 1.165) is 12.8 Å². The molecule has 1 aromatic rings. The van der Waals surface area contributed by atoms with Crippen LogP contribution in [0.2, 0.25) is 0 Å². The highest BCUT2D eigenvalue weighted by atomic mass is 16.3. The fourth-order valence-corrected chi connectivity index (χ4v) is 2.91. The SMILES string of the molecule is CCCCCCCCCC(=O)N(Cc1nc(C(=O)NC(C)C)co1)C(C)C. The summed E-state index contributed by atoms with van der Waals surface area (Å²) in [6, 6.07) is 0.0928. The van der Waals surface area contributed by atoms with Crippen LogP contribution in [0.3, 0.4) is 0 Å². The van der Waals surface area contributed by atoms with Crippen molar-refractivity contribution in [3.8, 4) is 0 Å². The molecule has 2 amide bonds. The summed E-state index contributed by atoms with van der Waals surface area (Å²) in [6.45, 7) is 10.3. The first-order valence-electron chi connectivity index (χ1n) is 10.4. The van der Waals surface area contributed by atoms with Gasteiger partial charge in [-0.05, 0) is 34.1 Å². The maximum Gasteiger partial charge on any atom is 0.273 e. The van der Waals surface area contributed by atoms with E-state index in [1.54, 1.807) is 4.90 Å². The largest absolute Gasteiger partial charge is 0.446 e. The maximum absolute atomic E-state index is 12.6. The molecule has 1 rings (SSSR count). The Hall–Kier alpha value is -1.85. The van der Waals surface area contributed by atoms with Crippen molar-refractivity contribution in [2.45, 2.75) is 105 Å². The fourth-order valence-electron chi connectivity index (χ4n) is 2.91. The molecular weight excluding hydrogens is 342 g/mol. The highest BCUT2D eigenvalue weighted by molar-refractivity contribution is 5.92. The lowest BCUT2D eigenvalue weighted by atomic mass is 10.1. The Labute approximate surface area is 164 Å². The van der Waals surface area contributed by atoms with Crippen molar-refractivity contribution >= 4 is 11.8 Å². The highest BCUT2D eigenvalue weighted by Gasteiger charge is 2.20. The van der Waals surface area contributed by atoms with Gasteiger partial charge in [0.05, 0.1) is 6.54 Å². The molecule has 27 heavy (non-hydrogen) atoms. The van der Waals surface area contributed by atoms with Gasteiger partial charge in [-0.2, -0.15) is 0 Å². The minimum Gasteiger partial charge on any atom is -0.446 e. The van der Waals surface area contributed by atoms with E-state index in [4.69, 9.17) is 4.42 Å². The molecule has 0 unspecified atom stereocenters. The second kappa shape index (κ2) is 12.5. The third-order valence-electron chi connectivity index (χ3n) is 4.45. The summed E-state index contributed by atoms with van der Waals surface area (Å²) in [6.07, 6.45) is 10.2. The molecular formula is C21H37N3O3. The average molecular weight is 380 g/mol. The van der Waals surface area contributed by atoms with Gasteiger partial charge in [0.2, 0.25) is 11.8 Å². The Morgan fingerprint density at radius 3 is 2.30 bits per heavy atom. The zero-order valence-electron chi connectivity index (χ0n) is 17.7. The van der Waals surface area contributed by atoms with Gasteiger partial charge in [0.25, 0.3) is 5.91 Å². The molecule has 6 heteroatoms. The van der Waals surface area contributed by atoms with E-state index in [1.165, 1.54) is 38.4 Å². The Morgan fingerprint density at radius 2 is 1.70 bits per heavy atom. The van der Waals surface area contributed by atoms with E-state index in [0.29, 0.717) is 18.9 Å². The van der Waals surface area contributed by atoms with Crippen LogP contribution in [-0.4, -0.2) is 33.8 Å². The summed E-state index contributed by atoms with van der Waals surface area (Å²) < 4.78 is 5.41. The molecule has 154 valence electrons. The first-order valence-corrected chi connectivity index (χ1v) is 10.4. The van der Waals surface area contributed by atoms with E-state index in [1.807, 2.05) is 27.7 Å². The van der Waals surface area contributed by atoms with E-state index >= 15 is 0 Å². The van der Waals surface area contributed by atoms with E-state index in [9.17, 15) is 9.59 Å². The number of nitrogens with zero attached hydrogens (tertiary/aromatic N) is 2. The van der Waals surface area contributed by atoms with Crippen LogP contribution in [0.4, 0.5) is 0 Å². The molecule has 0 aromatic carbocycles. The van der Waals surface area contributed by atoms with Crippen molar-refractivity contribution in [3.63, 3.8) is 0 Å². The van der Waals surface area contributed by atoms with Gasteiger partial charge < -0.3 is 14.6 Å². The van der Waals surface area contributed by atoms with E-state index in [-0.39, 0.29) is 29.6 Å². The molecule has 0 saturated heterocycles. The molecule has 1 heterocycles. The molecule has 0 aliphatic carbocycles. The molecule has 0 radical (unpaired) electrons. The number of nitrogens with one attached hydrogen (secondary N) is 1. The quantitative estimate of drug-likeness (QED) is 0.504. The lowest BCUT2D eigenvalue weighted by molar-refractivity contribution is -0.134. The molecule has 1 N–H and O–H groups in total. The van der Waals surface area contributed by atoms with Crippen LogP contribution in [0, 0.1) is 0 Å². The first-order chi connectivity index (χ1) is 12.8. The third kappa shape index (κ3) is 9.07. The van der Waals surface area contributed by atoms with Gasteiger partial charge in [0, 0.05) is 18.5 Å². The lowest BCUT2D eigenvalue weighted by Gasteiger charge is -2.25. The number of carbonyl (C=O) groups is 2. The van der Waals surface area contributed by atoms with Gasteiger partial charge in [0.1, 0.15) is 6.26 Å². The second-order valence-electron chi connectivity index (χ2n) is 7.74. The number of hydrogen-bond acceptors (Lipinski definition) is 4. The van der Waals surface area contributed by atoms with Crippen LogP contribution in [0.25, 0.3) is 0 Å². The summed E-state index contributed by atoms with van der Waals surface area (Å²) in [7, 11) is 0. The van der Waals surface area contributed by atoms with Gasteiger partial charge in [-0.3, -0.25) is 9.59 Å². The van der Waals surface area contributed by atoms with Crippen LogP contribution < -0.4 is 5.32 Å². The molecule has 0 saturated carbocycles. The minimum absolute atomic E-state index is 0.0355. The van der Waals surface area contributed by atoms with Gasteiger partial charge in [-0.25, -0.2) is 4.98 Å². The smallest absolute Gasteiger partial charge is 0.273 e. The predicted molar refractivity (Wildman–Crippen MR) is 107 cm³/mol. The molecule has 0 spiro atoms. The summed E-state index contributed by atoms with van der Waals surface area (Å²) in [5, 5.41) is 2.78. The number of hydrogen-bond donors (Lipinski definition) is 1. The molecule has 0 aliphatic heterocycles. The highest BCUT2D eigenvalue weighted by Crippen LogP contribution is 2.14.